The molecule has 0 aromatic heterocycles. The highest BCUT2D eigenvalue weighted by atomic mass is 15.0. The molecule has 12 heteroatoms. The number of rotatable bonds is 42. The molecule has 0 heterocycles. The molecule has 3 aliphatic rings. The van der Waals surface area contributed by atoms with Crippen molar-refractivity contribution >= 4 is 0 Å². The van der Waals surface area contributed by atoms with Crippen LogP contribution in [0.25, 0.3) is 0 Å². The Kier molecular flexibility index (Phi) is 30.5. The molecule has 0 aliphatic heterocycles. The maximum atomic E-state index is 6.17. The number of nitrogens with one attached hydrogen (secondary N) is 10. The van der Waals surface area contributed by atoms with Crippen molar-refractivity contribution in [2.45, 2.75) is 117 Å². The van der Waals surface area contributed by atoms with E-state index in [1.807, 2.05) is 0 Å². The van der Waals surface area contributed by atoms with Crippen LogP contribution in [0.2, 0.25) is 0 Å². The molecule has 10 atom stereocenters. The Hall–Kier alpha value is -0.480. The lowest BCUT2D eigenvalue weighted by Crippen LogP contribution is -2.66. The number of unbranched alkanes of at least 4 members (excludes halogenated alkanes) is 2. The molecule has 10 unspecified atom stereocenters. The summed E-state index contributed by atoms with van der Waals surface area (Å²) in [6.45, 7) is 30.1. The lowest BCUT2D eigenvalue weighted by Gasteiger charge is -2.60. The van der Waals surface area contributed by atoms with E-state index >= 15 is 0 Å². The highest BCUT2D eigenvalue weighted by Crippen LogP contribution is 2.54. The Morgan fingerprint density at radius 1 is 0.397 bits per heavy atom. The highest BCUT2D eigenvalue weighted by Gasteiger charge is 2.56. The second kappa shape index (κ2) is 34.1. The van der Waals surface area contributed by atoms with Crippen molar-refractivity contribution in [3.05, 3.63) is 0 Å². The normalized spacial score (nSPS) is 26.6. The van der Waals surface area contributed by atoms with E-state index in [1.54, 1.807) is 0 Å². The number of hydrogen-bond acceptors (Lipinski definition) is 12. The summed E-state index contributed by atoms with van der Waals surface area (Å²) in [6.07, 6.45) is 14.9. The van der Waals surface area contributed by atoms with Crippen molar-refractivity contribution in [2.75, 3.05) is 131 Å². The minimum Gasteiger partial charge on any atom is -0.330 e. The van der Waals surface area contributed by atoms with Gasteiger partial charge in [-0.3, -0.25) is 0 Å². The molecule has 0 aromatic carbocycles. The second-order valence-electron chi connectivity index (χ2n) is 18.2. The Balaban J connectivity index is 1.82. The first-order valence-electron chi connectivity index (χ1n) is 25.2. The standard InChI is InChI=1S/C46H100N12/c1-5-49-21-9-10-23-53-33-37-17-18-40(37)45(57-29-12-11-22-50-6-2)42-32-39(35-54-24-13-19-47)44(42)46(58-30-14-20-48)41-31-38(34-55-27-15-25-51-7-3)43(41)36-56-28-16-26-52-8-4/h37-46,49-58H,5-36,47-48H2,1-4H3. The van der Waals surface area contributed by atoms with E-state index in [0.717, 1.165) is 155 Å². The predicted octanol–water partition coefficient (Wildman–Crippen LogP) is 2.27. The van der Waals surface area contributed by atoms with Gasteiger partial charge in [0.15, 0.2) is 0 Å². The van der Waals surface area contributed by atoms with E-state index in [9.17, 15) is 0 Å². The van der Waals surface area contributed by atoms with Crippen molar-refractivity contribution in [1.82, 2.24) is 53.2 Å². The third-order valence-electron chi connectivity index (χ3n) is 14.1. The first-order chi connectivity index (χ1) is 28.6. The quantitative estimate of drug-likeness (QED) is 0.0407. The van der Waals surface area contributed by atoms with E-state index in [1.165, 1.54) is 70.8 Å². The van der Waals surface area contributed by atoms with Crippen LogP contribution in [0.15, 0.2) is 0 Å². The topological polar surface area (TPSA) is 172 Å². The van der Waals surface area contributed by atoms with Gasteiger partial charge in [-0.2, -0.15) is 0 Å². The van der Waals surface area contributed by atoms with Crippen molar-refractivity contribution in [2.24, 2.45) is 58.8 Å². The molecule has 3 aliphatic carbocycles. The zero-order valence-electron chi connectivity index (χ0n) is 38.6. The molecule has 0 aromatic rings. The average molecular weight is 821 g/mol. The van der Waals surface area contributed by atoms with Gasteiger partial charge >= 0.3 is 0 Å². The van der Waals surface area contributed by atoms with Crippen LogP contribution in [-0.2, 0) is 0 Å². The van der Waals surface area contributed by atoms with Crippen LogP contribution in [0.1, 0.15) is 105 Å². The fourth-order valence-electron chi connectivity index (χ4n) is 10.6. The lowest BCUT2D eigenvalue weighted by atomic mass is 9.49. The van der Waals surface area contributed by atoms with Gasteiger partial charge in [0.05, 0.1) is 0 Å². The summed E-state index contributed by atoms with van der Waals surface area (Å²) in [5, 5.41) is 38.3. The van der Waals surface area contributed by atoms with Crippen molar-refractivity contribution in [3.8, 4) is 0 Å². The molecule has 3 fully saturated rings. The van der Waals surface area contributed by atoms with E-state index < -0.39 is 0 Å². The second-order valence-corrected chi connectivity index (χ2v) is 18.2. The minimum absolute atomic E-state index is 0.525. The van der Waals surface area contributed by atoms with E-state index in [0.29, 0.717) is 41.7 Å². The molecule has 3 saturated carbocycles. The average Bonchev–Trinajstić information content (AvgIpc) is 3.20. The summed E-state index contributed by atoms with van der Waals surface area (Å²) in [4.78, 5) is 0. The van der Waals surface area contributed by atoms with Gasteiger partial charge in [-0.05, 0) is 255 Å². The van der Waals surface area contributed by atoms with E-state index in [4.69, 9.17) is 11.5 Å². The first-order valence-corrected chi connectivity index (χ1v) is 25.2. The summed E-state index contributed by atoms with van der Waals surface area (Å²) < 4.78 is 0. The maximum absolute atomic E-state index is 6.17. The zero-order valence-corrected chi connectivity index (χ0v) is 38.6. The Morgan fingerprint density at radius 2 is 0.828 bits per heavy atom. The fourth-order valence-corrected chi connectivity index (χ4v) is 10.6. The van der Waals surface area contributed by atoms with Gasteiger partial charge in [-0.15, -0.1) is 0 Å². The van der Waals surface area contributed by atoms with Gasteiger partial charge in [-0.1, -0.05) is 27.7 Å². The molecule has 0 saturated heterocycles. The van der Waals surface area contributed by atoms with Crippen molar-refractivity contribution in [3.63, 3.8) is 0 Å². The van der Waals surface area contributed by atoms with Crippen molar-refractivity contribution < 1.29 is 0 Å². The summed E-state index contributed by atoms with van der Waals surface area (Å²) in [7, 11) is 0. The smallest absolute Gasteiger partial charge is 0.0133 e. The molecule has 0 radical (unpaired) electrons. The van der Waals surface area contributed by atoms with Crippen LogP contribution >= 0.6 is 0 Å². The number of nitrogens with two attached hydrogens (primary N) is 2. The van der Waals surface area contributed by atoms with Crippen LogP contribution < -0.4 is 64.6 Å². The third kappa shape index (κ3) is 19.3. The molecule has 14 N–H and O–H groups in total. The van der Waals surface area contributed by atoms with Gasteiger partial charge in [0, 0.05) is 12.1 Å². The summed E-state index contributed by atoms with van der Waals surface area (Å²) in [6, 6.07) is 1.12. The van der Waals surface area contributed by atoms with Crippen LogP contribution in [0, 0.1) is 47.3 Å². The third-order valence-corrected chi connectivity index (χ3v) is 14.1. The Labute approximate surface area is 358 Å². The fraction of sp³-hybridized carbons (Fsp3) is 1.00. The van der Waals surface area contributed by atoms with Gasteiger partial charge < -0.3 is 64.6 Å². The monoisotopic (exact) mass is 821 g/mol. The summed E-state index contributed by atoms with van der Waals surface area (Å²) >= 11 is 0. The molecule has 344 valence electrons. The largest absolute Gasteiger partial charge is 0.330 e. The van der Waals surface area contributed by atoms with E-state index in [2.05, 4.69) is 80.9 Å². The van der Waals surface area contributed by atoms with Crippen molar-refractivity contribution in [1.29, 1.82) is 0 Å². The molecule has 58 heavy (non-hydrogen) atoms. The van der Waals surface area contributed by atoms with Crippen LogP contribution in [0.3, 0.4) is 0 Å². The Bertz CT molecular complexity index is 931. The number of hydrogen-bond donors (Lipinski definition) is 12. The minimum atomic E-state index is 0.525. The zero-order chi connectivity index (χ0) is 41.5. The molecular formula is C46H100N12. The van der Waals surface area contributed by atoms with Gasteiger partial charge in [0.1, 0.15) is 0 Å². The Morgan fingerprint density at radius 3 is 1.40 bits per heavy atom. The molecule has 12 nitrogen and oxygen atoms in total. The van der Waals surface area contributed by atoms with E-state index in [-0.39, 0.29) is 0 Å². The molecule has 0 amide bonds. The van der Waals surface area contributed by atoms with Crippen LogP contribution in [0.5, 0.6) is 0 Å². The maximum Gasteiger partial charge on any atom is 0.0133 e. The lowest BCUT2D eigenvalue weighted by molar-refractivity contribution is -0.0765. The van der Waals surface area contributed by atoms with Gasteiger partial charge in [0.2, 0.25) is 0 Å². The van der Waals surface area contributed by atoms with Crippen LogP contribution in [-0.4, -0.2) is 143 Å². The highest BCUT2D eigenvalue weighted by molar-refractivity contribution is 5.10. The molecule has 0 spiro atoms. The summed E-state index contributed by atoms with van der Waals surface area (Å²) in [5.41, 5.74) is 12.1. The molecular weight excluding hydrogens is 721 g/mol. The molecule has 0 bridgehead atoms. The summed E-state index contributed by atoms with van der Waals surface area (Å²) in [5.74, 6) is 5.72. The SMILES string of the molecule is CCNCCCCNCC1CCC1C(NCCCCNCC)C1CC(CNCCCN)C1C(NCCCN)C1CC(CNCCCNCC)C1CNCCCNCC. The first kappa shape index (κ1) is 51.9. The molecule has 3 rings (SSSR count). The van der Waals surface area contributed by atoms with Gasteiger partial charge in [0.25, 0.3) is 0 Å². The van der Waals surface area contributed by atoms with Crippen LogP contribution in [0.4, 0.5) is 0 Å². The van der Waals surface area contributed by atoms with Gasteiger partial charge in [-0.25, -0.2) is 0 Å². The predicted molar refractivity (Wildman–Crippen MR) is 251 cm³/mol.